The van der Waals surface area contributed by atoms with Gasteiger partial charge in [0.05, 0.1) is 12.8 Å². The van der Waals surface area contributed by atoms with Gasteiger partial charge in [0.2, 0.25) is 0 Å². The number of nitrogens with zero attached hydrogens (tertiary/aromatic N) is 2. The second kappa shape index (κ2) is 8.16. The molecule has 0 fully saturated rings. The zero-order chi connectivity index (χ0) is 18.4. The molecule has 1 heterocycles. The quantitative estimate of drug-likeness (QED) is 0.500. The first-order chi connectivity index (χ1) is 12.7. The number of carbonyl (C=O) groups excluding carboxylic acids is 1. The van der Waals surface area contributed by atoms with Crippen LogP contribution in [0.2, 0.25) is 0 Å². The molecule has 2 aromatic carbocycles. The molecule has 0 bridgehead atoms. The highest BCUT2D eigenvalue weighted by Gasteiger charge is 2.03. The summed E-state index contributed by atoms with van der Waals surface area (Å²) in [7, 11) is 1.60. The Morgan fingerprint density at radius 3 is 2.69 bits per heavy atom. The number of carbonyl (C=O) groups is 1. The van der Waals surface area contributed by atoms with Gasteiger partial charge in [0.1, 0.15) is 12.4 Å². The fourth-order valence-corrected chi connectivity index (χ4v) is 2.51. The molecule has 3 rings (SSSR count). The Balaban J connectivity index is 1.58. The molecule has 5 heteroatoms. The highest BCUT2D eigenvalue weighted by atomic mass is 16.5. The minimum Gasteiger partial charge on any atom is -0.496 e. The van der Waals surface area contributed by atoms with E-state index in [2.05, 4.69) is 5.10 Å². The molecule has 0 spiro atoms. The Kier molecular flexibility index (Phi) is 5.49. The van der Waals surface area contributed by atoms with E-state index in [-0.39, 0.29) is 6.61 Å². The van der Waals surface area contributed by atoms with Gasteiger partial charge in [0.15, 0.2) is 0 Å². The normalized spacial score (nSPS) is 10.8. The van der Waals surface area contributed by atoms with E-state index in [1.165, 1.54) is 6.08 Å². The predicted molar refractivity (Wildman–Crippen MR) is 100 cm³/mol. The lowest BCUT2D eigenvalue weighted by Gasteiger charge is -2.06. The van der Waals surface area contributed by atoms with Crippen molar-refractivity contribution in [1.29, 1.82) is 0 Å². The highest BCUT2D eigenvalue weighted by molar-refractivity contribution is 5.87. The summed E-state index contributed by atoms with van der Waals surface area (Å²) in [5.41, 5.74) is 3.80. The lowest BCUT2D eigenvalue weighted by molar-refractivity contribution is -0.138. The zero-order valence-electron chi connectivity index (χ0n) is 14.8. The highest BCUT2D eigenvalue weighted by Crippen LogP contribution is 2.21. The van der Waals surface area contributed by atoms with Crippen LogP contribution in [0.25, 0.3) is 11.8 Å². The van der Waals surface area contributed by atoms with Crippen molar-refractivity contribution in [2.24, 2.45) is 0 Å². The topological polar surface area (TPSA) is 53.4 Å². The molecule has 132 valence electrons. The minimum atomic E-state index is -0.398. The van der Waals surface area contributed by atoms with Gasteiger partial charge >= 0.3 is 5.97 Å². The van der Waals surface area contributed by atoms with Crippen LogP contribution in [-0.2, 0) is 16.1 Å². The molecule has 0 unspecified atom stereocenters. The van der Waals surface area contributed by atoms with Gasteiger partial charge in [-0.15, -0.1) is 0 Å². The van der Waals surface area contributed by atoms with E-state index < -0.39 is 5.97 Å². The standard InChI is InChI=1S/C21H20N2O3/c1-16-4-10-20(25-2)18(14-16)7-11-21(24)26-15-17-5-8-19(9-6-17)23-13-3-12-22-23/h3-14H,15H2,1-2H3/b11-7+. The van der Waals surface area contributed by atoms with Gasteiger partial charge in [-0.3, -0.25) is 0 Å². The number of aryl methyl sites for hydroxylation is 1. The molecule has 0 aliphatic rings. The largest absolute Gasteiger partial charge is 0.496 e. The van der Waals surface area contributed by atoms with Crippen LogP contribution in [0.4, 0.5) is 0 Å². The predicted octanol–water partition coefficient (Wildman–Crippen LogP) is 3.95. The number of aromatic nitrogens is 2. The molecular formula is C21H20N2O3. The minimum absolute atomic E-state index is 0.216. The van der Waals surface area contributed by atoms with Crippen LogP contribution in [0.1, 0.15) is 16.7 Å². The summed E-state index contributed by atoms with van der Waals surface area (Å²) in [4.78, 5) is 12.0. The third-order valence-corrected chi connectivity index (χ3v) is 3.87. The maximum atomic E-state index is 12.0. The number of rotatable bonds is 6. The van der Waals surface area contributed by atoms with E-state index in [0.717, 1.165) is 22.4 Å². The van der Waals surface area contributed by atoms with E-state index >= 15 is 0 Å². The SMILES string of the molecule is COc1ccc(C)cc1/C=C/C(=O)OCc1ccc(-n2cccn2)cc1. The van der Waals surface area contributed by atoms with Crippen molar-refractivity contribution >= 4 is 12.0 Å². The van der Waals surface area contributed by atoms with Crippen LogP contribution in [0.15, 0.2) is 67.0 Å². The van der Waals surface area contributed by atoms with Crippen molar-refractivity contribution in [3.05, 3.63) is 83.7 Å². The van der Waals surface area contributed by atoms with E-state index in [1.807, 2.05) is 61.7 Å². The first kappa shape index (κ1) is 17.5. The molecule has 5 nitrogen and oxygen atoms in total. The van der Waals surface area contributed by atoms with Crippen molar-refractivity contribution in [2.45, 2.75) is 13.5 Å². The Morgan fingerprint density at radius 1 is 1.19 bits per heavy atom. The second-order valence-corrected chi connectivity index (χ2v) is 5.80. The Labute approximate surface area is 152 Å². The summed E-state index contributed by atoms with van der Waals surface area (Å²) in [5, 5.41) is 4.18. The average molecular weight is 348 g/mol. The maximum Gasteiger partial charge on any atom is 0.331 e. The van der Waals surface area contributed by atoms with Gasteiger partial charge in [-0.2, -0.15) is 5.10 Å². The van der Waals surface area contributed by atoms with E-state index in [1.54, 1.807) is 24.1 Å². The van der Waals surface area contributed by atoms with Crippen molar-refractivity contribution in [2.75, 3.05) is 7.11 Å². The number of methoxy groups -OCH3 is 1. The average Bonchev–Trinajstić information content (AvgIpc) is 3.20. The van der Waals surface area contributed by atoms with Crippen LogP contribution in [0, 0.1) is 6.92 Å². The summed E-state index contributed by atoms with van der Waals surface area (Å²) in [6.07, 6.45) is 6.72. The van der Waals surface area contributed by atoms with Crippen LogP contribution in [-0.4, -0.2) is 22.9 Å². The van der Waals surface area contributed by atoms with Crippen LogP contribution < -0.4 is 4.74 Å². The van der Waals surface area contributed by atoms with E-state index in [4.69, 9.17) is 9.47 Å². The molecule has 0 radical (unpaired) electrons. The molecule has 1 aromatic heterocycles. The number of benzene rings is 2. The molecule has 26 heavy (non-hydrogen) atoms. The van der Waals surface area contributed by atoms with Crippen molar-refractivity contribution in [3.8, 4) is 11.4 Å². The molecule has 0 saturated carbocycles. The first-order valence-electron chi connectivity index (χ1n) is 8.24. The van der Waals surface area contributed by atoms with Gasteiger partial charge in [0, 0.05) is 24.0 Å². The maximum absolute atomic E-state index is 12.0. The molecule has 0 aliphatic carbocycles. The van der Waals surface area contributed by atoms with Gasteiger partial charge < -0.3 is 9.47 Å². The fraction of sp³-hybridized carbons (Fsp3) is 0.143. The Hall–Kier alpha value is -3.34. The van der Waals surface area contributed by atoms with Crippen molar-refractivity contribution in [1.82, 2.24) is 9.78 Å². The molecule has 0 saturated heterocycles. The number of ether oxygens (including phenoxy) is 2. The first-order valence-corrected chi connectivity index (χ1v) is 8.24. The van der Waals surface area contributed by atoms with Crippen LogP contribution in [0.3, 0.4) is 0 Å². The molecule has 0 atom stereocenters. The molecular weight excluding hydrogens is 328 g/mol. The summed E-state index contributed by atoms with van der Waals surface area (Å²) in [5.74, 6) is 0.318. The van der Waals surface area contributed by atoms with Crippen molar-refractivity contribution < 1.29 is 14.3 Å². The third kappa shape index (κ3) is 4.39. The second-order valence-electron chi connectivity index (χ2n) is 5.80. The van der Waals surface area contributed by atoms with Crippen LogP contribution >= 0.6 is 0 Å². The monoisotopic (exact) mass is 348 g/mol. The van der Waals surface area contributed by atoms with E-state index in [9.17, 15) is 4.79 Å². The van der Waals surface area contributed by atoms with Gasteiger partial charge in [-0.25, -0.2) is 9.48 Å². The smallest absolute Gasteiger partial charge is 0.331 e. The van der Waals surface area contributed by atoms with Crippen LogP contribution in [0.5, 0.6) is 5.75 Å². The fourth-order valence-electron chi connectivity index (χ4n) is 2.51. The molecule has 0 N–H and O–H groups in total. The molecule has 0 aliphatic heterocycles. The van der Waals surface area contributed by atoms with E-state index in [0.29, 0.717) is 5.75 Å². The number of hydrogen-bond donors (Lipinski definition) is 0. The summed E-state index contributed by atoms with van der Waals surface area (Å²) in [6, 6.07) is 15.4. The number of esters is 1. The van der Waals surface area contributed by atoms with Crippen molar-refractivity contribution in [3.63, 3.8) is 0 Å². The zero-order valence-corrected chi connectivity index (χ0v) is 14.8. The summed E-state index contributed by atoms with van der Waals surface area (Å²) in [6.45, 7) is 2.20. The van der Waals surface area contributed by atoms with Gasteiger partial charge in [-0.1, -0.05) is 23.8 Å². The Morgan fingerprint density at radius 2 is 2.00 bits per heavy atom. The Bertz CT molecular complexity index is 898. The molecule has 3 aromatic rings. The third-order valence-electron chi connectivity index (χ3n) is 3.87. The van der Waals surface area contributed by atoms with Gasteiger partial charge in [-0.05, 0) is 48.9 Å². The molecule has 0 amide bonds. The lowest BCUT2D eigenvalue weighted by atomic mass is 10.1. The van der Waals surface area contributed by atoms with Gasteiger partial charge in [0.25, 0.3) is 0 Å². The summed E-state index contributed by atoms with van der Waals surface area (Å²) < 4.78 is 12.4. The summed E-state index contributed by atoms with van der Waals surface area (Å²) >= 11 is 0. The lowest BCUT2D eigenvalue weighted by Crippen LogP contribution is -2.01. The number of hydrogen-bond acceptors (Lipinski definition) is 4.